The number of carbonyl (C=O) groups excluding carboxylic acids is 1. The van der Waals surface area contributed by atoms with Crippen molar-refractivity contribution in [3.05, 3.63) is 35.4 Å². The van der Waals surface area contributed by atoms with E-state index in [0.717, 1.165) is 19.4 Å². The van der Waals surface area contributed by atoms with Crippen molar-refractivity contribution in [1.82, 2.24) is 10.2 Å². The second-order valence-corrected chi connectivity index (χ2v) is 7.18. The van der Waals surface area contributed by atoms with Gasteiger partial charge in [-0.2, -0.15) is 0 Å². The molecule has 0 radical (unpaired) electrons. The van der Waals surface area contributed by atoms with E-state index in [2.05, 4.69) is 29.3 Å². The zero-order valence-electron chi connectivity index (χ0n) is 15.4. The zero-order valence-corrected chi connectivity index (χ0v) is 15.4. The van der Waals surface area contributed by atoms with Gasteiger partial charge >= 0.3 is 0 Å². The van der Waals surface area contributed by atoms with E-state index in [1.807, 2.05) is 12.1 Å². The monoisotopic (exact) mass is 346 g/mol. The normalized spacial score (nSPS) is 27.4. The Morgan fingerprint density at radius 1 is 1.36 bits per heavy atom. The van der Waals surface area contributed by atoms with Crippen LogP contribution in [0, 0.1) is 12.8 Å². The van der Waals surface area contributed by atoms with Crippen LogP contribution in [0.2, 0.25) is 0 Å². The molecule has 138 valence electrons. The van der Waals surface area contributed by atoms with Crippen molar-refractivity contribution < 1.29 is 14.3 Å². The summed E-state index contributed by atoms with van der Waals surface area (Å²) in [6.07, 6.45) is 3.77. The SMILES string of the molecule is CO[C@@H]1CCC[C@@H]1[C@H]1COCCN1CC(=O)NCc1ccccc1C. The molecule has 1 aliphatic heterocycles. The van der Waals surface area contributed by atoms with Crippen LogP contribution in [-0.4, -0.2) is 56.4 Å². The molecule has 2 fully saturated rings. The molecule has 1 N–H and O–H groups in total. The molecule has 0 bridgehead atoms. The highest BCUT2D eigenvalue weighted by Gasteiger charge is 2.38. The summed E-state index contributed by atoms with van der Waals surface area (Å²) in [5.41, 5.74) is 2.38. The van der Waals surface area contributed by atoms with Crippen LogP contribution >= 0.6 is 0 Å². The van der Waals surface area contributed by atoms with E-state index < -0.39 is 0 Å². The van der Waals surface area contributed by atoms with E-state index in [1.165, 1.54) is 17.5 Å². The van der Waals surface area contributed by atoms with Crippen molar-refractivity contribution in [2.45, 2.75) is 44.9 Å². The van der Waals surface area contributed by atoms with Crippen LogP contribution in [0.25, 0.3) is 0 Å². The summed E-state index contributed by atoms with van der Waals surface area (Å²) in [7, 11) is 1.80. The van der Waals surface area contributed by atoms with Crippen molar-refractivity contribution in [2.75, 3.05) is 33.4 Å². The van der Waals surface area contributed by atoms with Crippen molar-refractivity contribution >= 4 is 5.91 Å². The first-order valence-corrected chi connectivity index (χ1v) is 9.35. The summed E-state index contributed by atoms with van der Waals surface area (Å²) < 4.78 is 11.4. The molecular weight excluding hydrogens is 316 g/mol. The maximum absolute atomic E-state index is 12.5. The average molecular weight is 346 g/mol. The van der Waals surface area contributed by atoms with Gasteiger partial charge in [0.1, 0.15) is 0 Å². The highest BCUT2D eigenvalue weighted by molar-refractivity contribution is 5.78. The summed E-state index contributed by atoms with van der Waals surface area (Å²) in [5.74, 6) is 0.552. The molecule has 1 saturated heterocycles. The summed E-state index contributed by atoms with van der Waals surface area (Å²) >= 11 is 0. The molecule has 1 heterocycles. The zero-order chi connectivity index (χ0) is 17.6. The van der Waals surface area contributed by atoms with Crippen LogP contribution in [0.4, 0.5) is 0 Å². The molecule has 5 heteroatoms. The predicted molar refractivity (Wildman–Crippen MR) is 97.3 cm³/mol. The molecule has 1 amide bonds. The Morgan fingerprint density at radius 2 is 2.20 bits per heavy atom. The molecule has 1 aromatic carbocycles. The van der Waals surface area contributed by atoms with Gasteiger partial charge in [0.25, 0.3) is 0 Å². The number of hydrogen-bond acceptors (Lipinski definition) is 4. The maximum Gasteiger partial charge on any atom is 0.234 e. The number of carbonyl (C=O) groups is 1. The van der Waals surface area contributed by atoms with Gasteiger partial charge in [0, 0.05) is 32.2 Å². The van der Waals surface area contributed by atoms with Gasteiger partial charge in [-0.05, 0) is 30.9 Å². The Bertz CT molecular complexity index is 578. The largest absolute Gasteiger partial charge is 0.381 e. The van der Waals surface area contributed by atoms with Gasteiger partial charge in [-0.15, -0.1) is 0 Å². The van der Waals surface area contributed by atoms with Gasteiger partial charge in [-0.1, -0.05) is 30.7 Å². The number of nitrogens with one attached hydrogen (secondary N) is 1. The average Bonchev–Trinajstić information content (AvgIpc) is 3.10. The van der Waals surface area contributed by atoms with E-state index in [0.29, 0.717) is 38.3 Å². The molecule has 0 spiro atoms. The lowest BCUT2D eigenvalue weighted by Gasteiger charge is -2.40. The minimum atomic E-state index is 0.0853. The molecule has 2 aliphatic rings. The van der Waals surface area contributed by atoms with Gasteiger partial charge in [-0.25, -0.2) is 0 Å². The van der Waals surface area contributed by atoms with Crippen LogP contribution in [0.3, 0.4) is 0 Å². The first kappa shape index (κ1) is 18.4. The van der Waals surface area contributed by atoms with Crippen molar-refractivity contribution in [2.24, 2.45) is 5.92 Å². The first-order chi connectivity index (χ1) is 12.2. The van der Waals surface area contributed by atoms with Gasteiger partial charge < -0.3 is 14.8 Å². The number of nitrogens with zero attached hydrogens (tertiary/aromatic N) is 1. The molecular formula is C20H30N2O3. The highest BCUT2D eigenvalue weighted by atomic mass is 16.5. The Labute approximate surface area is 150 Å². The Kier molecular flexibility index (Phi) is 6.45. The summed E-state index contributed by atoms with van der Waals surface area (Å²) in [5, 5.41) is 3.07. The molecule has 0 aromatic heterocycles. The van der Waals surface area contributed by atoms with Gasteiger partial charge in [0.05, 0.1) is 25.9 Å². The number of ether oxygens (including phenoxy) is 2. The van der Waals surface area contributed by atoms with Crippen LogP contribution in [0.15, 0.2) is 24.3 Å². The number of methoxy groups -OCH3 is 1. The van der Waals surface area contributed by atoms with Crippen LogP contribution in [0.5, 0.6) is 0 Å². The molecule has 1 saturated carbocycles. The second-order valence-electron chi connectivity index (χ2n) is 7.18. The predicted octanol–water partition coefficient (Wildman–Crippen LogP) is 2.13. The molecule has 5 nitrogen and oxygen atoms in total. The van der Waals surface area contributed by atoms with Crippen molar-refractivity contribution in [3.8, 4) is 0 Å². The third-order valence-corrected chi connectivity index (χ3v) is 5.67. The lowest BCUT2D eigenvalue weighted by molar-refractivity contribution is -0.126. The van der Waals surface area contributed by atoms with E-state index in [4.69, 9.17) is 9.47 Å². The number of amides is 1. The molecule has 3 atom stereocenters. The fourth-order valence-corrected chi connectivity index (χ4v) is 4.18. The topological polar surface area (TPSA) is 50.8 Å². The number of morpholine rings is 1. The van der Waals surface area contributed by atoms with Gasteiger partial charge in [0.2, 0.25) is 5.91 Å². The lowest BCUT2D eigenvalue weighted by Crippen LogP contribution is -2.54. The fraction of sp³-hybridized carbons (Fsp3) is 0.650. The number of benzene rings is 1. The van der Waals surface area contributed by atoms with E-state index in [1.54, 1.807) is 7.11 Å². The van der Waals surface area contributed by atoms with Crippen LogP contribution < -0.4 is 5.32 Å². The molecule has 1 aromatic rings. The van der Waals surface area contributed by atoms with E-state index >= 15 is 0 Å². The van der Waals surface area contributed by atoms with E-state index in [9.17, 15) is 4.79 Å². The highest BCUT2D eigenvalue weighted by Crippen LogP contribution is 2.33. The molecule has 3 rings (SSSR count). The quantitative estimate of drug-likeness (QED) is 0.857. The minimum absolute atomic E-state index is 0.0853. The van der Waals surface area contributed by atoms with Crippen LogP contribution in [-0.2, 0) is 20.8 Å². The molecule has 0 unspecified atom stereocenters. The van der Waals surface area contributed by atoms with Gasteiger partial charge in [-0.3, -0.25) is 9.69 Å². The molecule has 25 heavy (non-hydrogen) atoms. The third kappa shape index (κ3) is 4.60. The Morgan fingerprint density at radius 3 is 3.00 bits per heavy atom. The minimum Gasteiger partial charge on any atom is -0.381 e. The molecule has 1 aliphatic carbocycles. The third-order valence-electron chi connectivity index (χ3n) is 5.67. The summed E-state index contributed by atoms with van der Waals surface area (Å²) in [6, 6.07) is 8.45. The number of aryl methyl sites for hydroxylation is 1. The van der Waals surface area contributed by atoms with Crippen molar-refractivity contribution in [1.29, 1.82) is 0 Å². The maximum atomic E-state index is 12.5. The number of rotatable bonds is 6. The second kappa shape index (κ2) is 8.79. The Balaban J connectivity index is 1.56. The smallest absolute Gasteiger partial charge is 0.234 e. The first-order valence-electron chi connectivity index (χ1n) is 9.35. The number of hydrogen-bond donors (Lipinski definition) is 1. The van der Waals surface area contributed by atoms with Crippen molar-refractivity contribution in [3.63, 3.8) is 0 Å². The van der Waals surface area contributed by atoms with Crippen LogP contribution in [0.1, 0.15) is 30.4 Å². The summed E-state index contributed by atoms with van der Waals surface area (Å²) in [6.45, 7) is 5.32. The van der Waals surface area contributed by atoms with Gasteiger partial charge in [0.15, 0.2) is 0 Å². The lowest BCUT2D eigenvalue weighted by atomic mass is 9.94. The van der Waals surface area contributed by atoms with E-state index in [-0.39, 0.29) is 11.9 Å². The standard InChI is InChI=1S/C20H30N2O3/c1-15-6-3-4-7-16(15)12-21-20(23)13-22-10-11-25-14-18(22)17-8-5-9-19(17)24-2/h3-4,6-7,17-19H,5,8-14H2,1-2H3,(H,21,23)/t17-,18-,19-/m1/s1. The summed E-state index contributed by atoms with van der Waals surface area (Å²) in [4.78, 5) is 14.8. The Hall–Kier alpha value is -1.43. The fourth-order valence-electron chi connectivity index (χ4n) is 4.18.